The molecule has 1 rings (SSSR count). The maximum atomic E-state index is 11.6. The van der Waals surface area contributed by atoms with Crippen LogP contribution in [0.15, 0.2) is 24.3 Å². The molecule has 1 atom stereocenters. The Morgan fingerprint density at radius 1 is 1.28 bits per heavy atom. The zero-order valence-electron chi connectivity index (χ0n) is 10.6. The Balaban J connectivity index is 2.56. The molecule has 98 valence electrons. The van der Waals surface area contributed by atoms with Gasteiger partial charge in [-0.1, -0.05) is 6.92 Å². The van der Waals surface area contributed by atoms with Gasteiger partial charge < -0.3 is 15.7 Å². The molecule has 0 aliphatic heterocycles. The number of hydrogen-bond acceptors (Lipinski definition) is 3. The molecule has 1 unspecified atom stereocenters. The summed E-state index contributed by atoms with van der Waals surface area (Å²) in [7, 11) is 0. The minimum Gasteiger partial charge on any atom is -0.478 e. The number of carboxylic acids is 1. The van der Waals surface area contributed by atoms with Crippen molar-refractivity contribution >= 4 is 17.6 Å². The van der Waals surface area contributed by atoms with E-state index in [1.807, 2.05) is 6.92 Å². The van der Waals surface area contributed by atoms with Gasteiger partial charge >= 0.3 is 5.97 Å². The topological polar surface area (TPSA) is 78.4 Å². The first-order valence-corrected chi connectivity index (χ1v) is 5.92. The smallest absolute Gasteiger partial charge is 0.335 e. The fraction of sp³-hybridized carbons (Fsp3) is 0.385. The normalized spacial score (nSPS) is 11.7. The van der Waals surface area contributed by atoms with Crippen LogP contribution in [0.25, 0.3) is 0 Å². The Morgan fingerprint density at radius 3 is 2.39 bits per heavy atom. The van der Waals surface area contributed by atoms with Crippen molar-refractivity contribution in [2.24, 2.45) is 0 Å². The molecule has 0 fully saturated rings. The summed E-state index contributed by atoms with van der Waals surface area (Å²) >= 11 is 0. The number of anilines is 1. The van der Waals surface area contributed by atoms with Gasteiger partial charge in [-0.25, -0.2) is 4.79 Å². The second kappa shape index (κ2) is 6.64. The molecule has 0 saturated carbocycles. The first-order valence-electron chi connectivity index (χ1n) is 5.92. The molecule has 0 heterocycles. The first-order chi connectivity index (χ1) is 8.54. The van der Waals surface area contributed by atoms with Crippen LogP contribution in [0.2, 0.25) is 0 Å². The lowest BCUT2D eigenvalue weighted by Gasteiger charge is -2.15. The molecule has 0 aliphatic carbocycles. The number of benzene rings is 1. The molecule has 3 N–H and O–H groups in total. The van der Waals surface area contributed by atoms with E-state index in [1.54, 1.807) is 19.1 Å². The summed E-state index contributed by atoms with van der Waals surface area (Å²) in [6, 6.07) is 5.94. The quantitative estimate of drug-likeness (QED) is 0.718. The van der Waals surface area contributed by atoms with Crippen molar-refractivity contribution in [2.45, 2.75) is 26.3 Å². The minimum atomic E-state index is -0.963. The third-order valence-corrected chi connectivity index (χ3v) is 2.46. The molecule has 0 aliphatic rings. The Hall–Kier alpha value is -2.04. The predicted molar refractivity (Wildman–Crippen MR) is 69.8 cm³/mol. The van der Waals surface area contributed by atoms with Crippen molar-refractivity contribution < 1.29 is 14.7 Å². The first kappa shape index (κ1) is 14.0. The lowest BCUT2D eigenvalue weighted by molar-refractivity contribution is -0.121. The molecule has 0 saturated heterocycles. The van der Waals surface area contributed by atoms with Crippen LogP contribution in [-0.4, -0.2) is 29.6 Å². The van der Waals surface area contributed by atoms with Crippen LogP contribution in [-0.2, 0) is 4.79 Å². The van der Waals surface area contributed by atoms with Gasteiger partial charge in [-0.3, -0.25) is 4.79 Å². The van der Waals surface area contributed by atoms with Crippen molar-refractivity contribution in [1.82, 2.24) is 5.32 Å². The Bertz CT molecular complexity index is 415. The van der Waals surface area contributed by atoms with Crippen LogP contribution >= 0.6 is 0 Å². The van der Waals surface area contributed by atoms with Gasteiger partial charge in [0.2, 0.25) is 5.91 Å². The highest BCUT2D eigenvalue weighted by atomic mass is 16.4. The monoisotopic (exact) mass is 250 g/mol. The lowest BCUT2D eigenvalue weighted by Crippen LogP contribution is -2.37. The van der Waals surface area contributed by atoms with E-state index in [0.29, 0.717) is 6.54 Å². The summed E-state index contributed by atoms with van der Waals surface area (Å²) in [6.07, 6.45) is 0.895. The number of hydrogen-bond donors (Lipinski definition) is 3. The zero-order valence-corrected chi connectivity index (χ0v) is 10.6. The number of carboxylic acid groups (broad SMARTS) is 1. The molecule has 0 aromatic heterocycles. The van der Waals surface area contributed by atoms with Crippen LogP contribution in [0.4, 0.5) is 5.69 Å². The third-order valence-electron chi connectivity index (χ3n) is 2.46. The highest BCUT2D eigenvalue weighted by molar-refractivity contribution is 5.88. The van der Waals surface area contributed by atoms with E-state index in [2.05, 4.69) is 10.6 Å². The number of rotatable bonds is 6. The van der Waals surface area contributed by atoms with Gasteiger partial charge in [0.1, 0.15) is 6.04 Å². The van der Waals surface area contributed by atoms with Crippen LogP contribution in [0.3, 0.4) is 0 Å². The molecule has 0 bridgehead atoms. The fourth-order valence-corrected chi connectivity index (χ4v) is 1.43. The number of carbonyl (C=O) groups is 2. The largest absolute Gasteiger partial charge is 0.478 e. The summed E-state index contributed by atoms with van der Waals surface area (Å²) in [5, 5.41) is 14.6. The van der Waals surface area contributed by atoms with Crippen LogP contribution in [0.1, 0.15) is 30.6 Å². The Labute approximate surface area is 106 Å². The van der Waals surface area contributed by atoms with Gasteiger partial charge in [0, 0.05) is 12.2 Å². The highest BCUT2D eigenvalue weighted by Crippen LogP contribution is 2.10. The van der Waals surface area contributed by atoms with Crippen LogP contribution < -0.4 is 10.6 Å². The Kier molecular flexibility index (Phi) is 5.17. The summed E-state index contributed by atoms with van der Waals surface area (Å²) in [5.74, 6) is -1.03. The molecule has 0 radical (unpaired) electrons. The van der Waals surface area contributed by atoms with Gasteiger partial charge in [0.05, 0.1) is 5.56 Å². The average Bonchev–Trinajstić information content (AvgIpc) is 2.36. The van der Waals surface area contributed by atoms with Gasteiger partial charge in [0.25, 0.3) is 0 Å². The lowest BCUT2D eigenvalue weighted by atomic mass is 10.2. The second-order valence-electron chi connectivity index (χ2n) is 4.04. The van der Waals surface area contributed by atoms with E-state index in [4.69, 9.17) is 5.11 Å². The standard InChI is InChI=1S/C13H18N2O3/c1-3-8-14-12(16)9(2)15-11-6-4-10(5-7-11)13(17)18/h4-7,9,15H,3,8H2,1-2H3,(H,14,16)(H,17,18). The number of carbonyl (C=O) groups excluding carboxylic acids is 1. The average molecular weight is 250 g/mol. The van der Waals surface area contributed by atoms with Gasteiger partial charge in [-0.15, -0.1) is 0 Å². The zero-order chi connectivity index (χ0) is 13.5. The van der Waals surface area contributed by atoms with E-state index >= 15 is 0 Å². The molecule has 5 heteroatoms. The van der Waals surface area contributed by atoms with Crippen molar-refractivity contribution in [1.29, 1.82) is 0 Å². The minimum absolute atomic E-state index is 0.0702. The second-order valence-corrected chi connectivity index (χ2v) is 4.04. The van der Waals surface area contributed by atoms with Gasteiger partial charge in [0.15, 0.2) is 0 Å². The van der Waals surface area contributed by atoms with Crippen molar-refractivity contribution in [3.05, 3.63) is 29.8 Å². The summed E-state index contributed by atoms with van der Waals surface area (Å²) in [5.41, 5.74) is 0.947. The Morgan fingerprint density at radius 2 is 1.89 bits per heavy atom. The van der Waals surface area contributed by atoms with Gasteiger partial charge in [-0.2, -0.15) is 0 Å². The molecule has 5 nitrogen and oxygen atoms in total. The van der Waals surface area contributed by atoms with Crippen molar-refractivity contribution in [3.8, 4) is 0 Å². The van der Waals surface area contributed by atoms with Crippen molar-refractivity contribution in [2.75, 3.05) is 11.9 Å². The van der Waals surface area contributed by atoms with E-state index in [-0.39, 0.29) is 17.5 Å². The van der Waals surface area contributed by atoms with Crippen LogP contribution in [0, 0.1) is 0 Å². The molecule has 18 heavy (non-hydrogen) atoms. The number of nitrogens with one attached hydrogen (secondary N) is 2. The summed E-state index contributed by atoms with van der Waals surface area (Å²) < 4.78 is 0. The van der Waals surface area contributed by atoms with E-state index in [9.17, 15) is 9.59 Å². The molecule has 1 aromatic rings. The molecule has 1 aromatic carbocycles. The van der Waals surface area contributed by atoms with Crippen LogP contribution in [0.5, 0.6) is 0 Å². The number of amides is 1. The highest BCUT2D eigenvalue weighted by Gasteiger charge is 2.11. The van der Waals surface area contributed by atoms with Crippen molar-refractivity contribution in [3.63, 3.8) is 0 Å². The number of aromatic carboxylic acids is 1. The molecular formula is C13H18N2O3. The summed E-state index contributed by atoms with van der Waals surface area (Å²) in [6.45, 7) is 4.40. The van der Waals surface area contributed by atoms with E-state index < -0.39 is 5.97 Å². The third kappa shape index (κ3) is 4.08. The van der Waals surface area contributed by atoms with Gasteiger partial charge in [-0.05, 0) is 37.6 Å². The molecular weight excluding hydrogens is 232 g/mol. The van der Waals surface area contributed by atoms with E-state index in [0.717, 1.165) is 12.1 Å². The van der Waals surface area contributed by atoms with E-state index in [1.165, 1.54) is 12.1 Å². The SMILES string of the molecule is CCCNC(=O)C(C)Nc1ccc(C(=O)O)cc1. The maximum absolute atomic E-state index is 11.6. The molecule has 0 spiro atoms. The maximum Gasteiger partial charge on any atom is 0.335 e. The summed E-state index contributed by atoms with van der Waals surface area (Å²) in [4.78, 5) is 22.3. The fourth-order valence-electron chi connectivity index (χ4n) is 1.43. The predicted octanol–water partition coefficient (Wildman–Crippen LogP) is 1.71. The molecule has 1 amide bonds.